The molecule has 0 amide bonds. The van der Waals surface area contributed by atoms with Gasteiger partial charge in [-0.25, -0.2) is 8.78 Å². The first-order valence-electron chi connectivity index (χ1n) is 17.1. The Balaban J connectivity index is -0.000000102. The zero-order valence-corrected chi connectivity index (χ0v) is 30.7. The number of hydrogen-bond donors (Lipinski definition) is 0. The maximum Gasteiger partial charge on any atom is 0.122 e. The molecule has 3 atom stereocenters. The summed E-state index contributed by atoms with van der Waals surface area (Å²) in [7, 11) is 0. The number of hydrogen-bond acceptors (Lipinski definition) is 0. The molecule has 0 saturated carbocycles. The van der Waals surface area contributed by atoms with Gasteiger partial charge in [0.05, 0.1) is 20.0 Å². The molecule has 3 unspecified atom stereocenters. The molecule has 0 N–H and O–H groups in total. The molecular weight excluding hydrogens is 635 g/mol. The van der Waals surface area contributed by atoms with Crippen molar-refractivity contribution in [1.82, 2.24) is 0 Å². The van der Waals surface area contributed by atoms with Crippen molar-refractivity contribution >= 4 is 0 Å². The van der Waals surface area contributed by atoms with Crippen molar-refractivity contribution in [3.8, 4) is 0 Å². The van der Waals surface area contributed by atoms with Crippen LogP contribution >= 0.6 is 0 Å². The second kappa shape index (κ2) is 49.9. The minimum atomic E-state index is -0.841. The monoisotopic (exact) mass is 711 g/mol. The highest BCUT2D eigenvalue weighted by molar-refractivity contribution is 5.24. The summed E-state index contributed by atoms with van der Waals surface area (Å²) >= 11 is 0. The molecule has 0 nitrogen and oxygen atoms in total. The first-order valence-corrected chi connectivity index (χ1v) is 17.1. The summed E-state index contributed by atoms with van der Waals surface area (Å²) in [5, 5.41) is 0. The van der Waals surface area contributed by atoms with Crippen LogP contribution < -0.4 is 0 Å². The fraction of sp³-hybridized carbons (Fsp3) is 0.467. The van der Waals surface area contributed by atoms with E-state index in [-0.39, 0.29) is 47.5 Å². The van der Waals surface area contributed by atoms with E-state index >= 15 is 0 Å². The van der Waals surface area contributed by atoms with Crippen LogP contribution in [0.5, 0.6) is 0 Å². The molecule has 4 aromatic rings. The molecule has 0 heterocycles. The van der Waals surface area contributed by atoms with E-state index in [4.69, 9.17) is 0 Å². The first-order chi connectivity index (χ1) is 23.0. The molecule has 0 aromatic heterocycles. The lowest BCUT2D eigenvalue weighted by Crippen LogP contribution is -2.10. The molecule has 0 aliphatic carbocycles. The Bertz CT molecular complexity index is 1010. The van der Waals surface area contributed by atoms with Gasteiger partial charge in [-0.05, 0) is 42.5 Å². The number of rotatable bonds is 8. The van der Waals surface area contributed by atoms with E-state index in [0.29, 0.717) is 6.42 Å². The van der Waals surface area contributed by atoms with Crippen LogP contribution in [0.1, 0.15) is 138 Å². The van der Waals surface area contributed by atoms with Crippen molar-refractivity contribution in [1.29, 1.82) is 0 Å². The van der Waals surface area contributed by atoms with E-state index in [1.165, 1.54) is 13.8 Å². The van der Waals surface area contributed by atoms with E-state index in [0.717, 1.165) is 22.3 Å². The van der Waals surface area contributed by atoms with Crippen LogP contribution in [0.2, 0.25) is 0 Å². The van der Waals surface area contributed by atoms with Gasteiger partial charge in [-0.15, -0.1) is 0 Å². The highest BCUT2D eigenvalue weighted by Gasteiger charge is 2.19. The van der Waals surface area contributed by atoms with Crippen molar-refractivity contribution in [2.75, 3.05) is 20.0 Å². The molecule has 0 spiro atoms. The lowest BCUT2D eigenvalue weighted by Gasteiger charge is -2.20. The van der Waals surface area contributed by atoms with E-state index in [9.17, 15) is 22.0 Å². The predicted molar refractivity (Wildman–Crippen MR) is 219 cm³/mol. The Hall–Kier alpha value is -3.47. The topological polar surface area (TPSA) is 0 Å². The third-order valence-corrected chi connectivity index (χ3v) is 5.74. The molecule has 0 saturated heterocycles. The van der Waals surface area contributed by atoms with E-state index in [1.807, 2.05) is 152 Å². The molecule has 50 heavy (non-hydrogen) atoms. The van der Waals surface area contributed by atoms with E-state index in [2.05, 4.69) is 0 Å². The number of benzene rings is 4. The van der Waals surface area contributed by atoms with Crippen LogP contribution in [0, 0.1) is 0 Å². The highest BCUT2D eigenvalue weighted by Crippen LogP contribution is 2.30. The number of alkyl halides is 5. The highest BCUT2D eigenvalue weighted by atomic mass is 19.1. The SMILES string of the molecule is C.C.C.CC.CC.CC.CC.CC(F)c1ccccc1.CCF.FCC(CC(CF)c1ccccc1)c1ccccc1.FCc1ccccc1. The maximum absolute atomic E-state index is 13.2. The minimum absolute atomic E-state index is 0. The van der Waals surface area contributed by atoms with Crippen molar-refractivity contribution in [3.63, 3.8) is 0 Å². The summed E-state index contributed by atoms with van der Waals surface area (Å²) in [6.45, 7) is 17.5. The molecule has 0 fully saturated rings. The lowest BCUT2D eigenvalue weighted by molar-refractivity contribution is 0.352. The van der Waals surface area contributed by atoms with Gasteiger partial charge >= 0.3 is 0 Å². The lowest BCUT2D eigenvalue weighted by atomic mass is 9.86. The quantitative estimate of drug-likeness (QED) is 0.160. The van der Waals surface area contributed by atoms with Gasteiger partial charge in [-0.1, -0.05) is 199 Å². The van der Waals surface area contributed by atoms with Gasteiger partial charge in [0.2, 0.25) is 0 Å². The van der Waals surface area contributed by atoms with Gasteiger partial charge in [0.15, 0.2) is 0 Å². The zero-order chi connectivity index (χ0) is 36.7. The standard InChI is InChI=1S/C17H18F2.C8H9F.C7H7F.C2H5F.4C2H6.3CH4/c18-12-16(14-7-3-1-4-8-14)11-17(13-19)15-9-5-2-6-10-15;1-7(9)8-5-3-2-4-6-8;8-6-7-4-2-1-3-5-7;1-2-3;4*1-2;;;/h1-10,16-17H,11-13H2;2-7H,1H3;1-5H,6H2;2H2,1H3;4*1-2H3;3*1H4. The second-order valence-corrected chi connectivity index (χ2v) is 8.67. The van der Waals surface area contributed by atoms with Crippen LogP contribution in [0.15, 0.2) is 121 Å². The molecule has 0 aliphatic rings. The summed E-state index contributed by atoms with van der Waals surface area (Å²) in [5.74, 6) is -0.468. The third-order valence-electron chi connectivity index (χ3n) is 5.74. The molecule has 0 bridgehead atoms. The average molecular weight is 711 g/mol. The second-order valence-electron chi connectivity index (χ2n) is 8.67. The van der Waals surface area contributed by atoms with Gasteiger partial charge in [-0.3, -0.25) is 13.2 Å². The van der Waals surface area contributed by atoms with E-state index < -0.39 is 19.5 Å². The Morgan fingerprint density at radius 2 is 0.680 bits per heavy atom. The van der Waals surface area contributed by atoms with Crippen molar-refractivity contribution in [2.45, 2.75) is 123 Å². The predicted octanol–water partition coefficient (Wildman–Crippen LogP) is 16.7. The fourth-order valence-corrected chi connectivity index (χ4v) is 3.66. The molecule has 0 aliphatic heterocycles. The van der Waals surface area contributed by atoms with Gasteiger partial charge in [0.1, 0.15) is 12.8 Å². The Kier molecular flexibility index (Phi) is 61.6. The summed E-state index contributed by atoms with van der Waals surface area (Å²) in [6.07, 6.45) is -0.340. The van der Waals surface area contributed by atoms with Crippen molar-refractivity contribution < 1.29 is 22.0 Å². The Morgan fingerprint density at radius 3 is 0.860 bits per heavy atom. The normalized spacial score (nSPS) is 9.98. The van der Waals surface area contributed by atoms with E-state index in [1.54, 1.807) is 24.3 Å². The molecule has 4 rings (SSSR count). The van der Waals surface area contributed by atoms with Crippen LogP contribution in [-0.2, 0) is 6.67 Å². The van der Waals surface area contributed by atoms with Crippen LogP contribution in [0.3, 0.4) is 0 Å². The van der Waals surface area contributed by atoms with Crippen molar-refractivity contribution in [3.05, 3.63) is 144 Å². The molecule has 5 heteroatoms. The largest absolute Gasteiger partial charge is 0.251 e. The van der Waals surface area contributed by atoms with Gasteiger partial charge < -0.3 is 0 Å². The smallest absolute Gasteiger partial charge is 0.122 e. The molecule has 0 radical (unpaired) electrons. The van der Waals surface area contributed by atoms with Gasteiger partial charge in [-0.2, -0.15) is 0 Å². The first kappa shape index (κ1) is 61.7. The summed E-state index contributed by atoms with van der Waals surface area (Å²) in [5.41, 5.74) is 3.38. The molecule has 290 valence electrons. The van der Waals surface area contributed by atoms with Crippen LogP contribution in [0.25, 0.3) is 0 Å². The Morgan fingerprint density at radius 1 is 0.440 bits per heavy atom. The summed E-state index contributed by atoms with van der Waals surface area (Å²) in [4.78, 5) is 0. The van der Waals surface area contributed by atoms with Crippen LogP contribution in [-0.4, -0.2) is 20.0 Å². The number of halogens is 5. The third kappa shape index (κ3) is 33.0. The van der Waals surface area contributed by atoms with Gasteiger partial charge in [0, 0.05) is 11.8 Å². The van der Waals surface area contributed by atoms with Crippen molar-refractivity contribution in [2.24, 2.45) is 0 Å². The maximum atomic E-state index is 13.2. The molecule has 4 aromatic carbocycles. The zero-order valence-electron chi connectivity index (χ0n) is 30.7. The van der Waals surface area contributed by atoms with Gasteiger partial charge in [0.25, 0.3) is 0 Å². The average Bonchev–Trinajstić information content (AvgIpc) is 3.17. The summed E-state index contributed by atoms with van der Waals surface area (Å²) in [6, 6.07) is 37.2. The molecular formula is C45H75F5. The summed E-state index contributed by atoms with van der Waals surface area (Å²) < 4.78 is 60.9. The fourth-order valence-electron chi connectivity index (χ4n) is 3.66. The minimum Gasteiger partial charge on any atom is -0.251 e. The Labute approximate surface area is 307 Å². The van der Waals surface area contributed by atoms with Crippen LogP contribution in [0.4, 0.5) is 22.0 Å².